The summed E-state index contributed by atoms with van der Waals surface area (Å²) in [4.78, 5) is 4.22. The van der Waals surface area contributed by atoms with E-state index in [1.165, 1.54) is 0 Å². The average Bonchev–Trinajstić information content (AvgIpc) is 2.49. The van der Waals surface area contributed by atoms with Gasteiger partial charge in [0.05, 0.1) is 12.6 Å². The van der Waals surface area contributed by atoms with Crippen LogP contribution in [-0.2, 0) is 13.6 Å². The van der Waals surface area contributed by atoms with Gasteiger partial charge in [-0.05, 0) is 25.3 Å². The molecule has 14 heavy (non-hydrogen) atoms. The van der Waals surface area contributed by atoms with Crippen molar-refractivity contribution in [3.8, 4) is 0 Å². The molecule has 1 aromatic heterocycles. The Morgan fingerprint density at radius 3 is 3.00 bits per heavy atom. The molecule has 2 rings (SSSR count). The summed E-state index contributed by atoms with van der Waals surface area (Å²) in [7, 11) is 2.00. The van der Waals surface area contributed by atoms with E-state index in [1.54, 1.807) is 0 Å². The maximum absolute atomic E-state index is 9.10. The van der Waals surface area contributed by atoms with Crippen LogP contribution in [0.3, 0.4) is 0 Å². The van der Waals surface area contributed by atoms with Crippen molar-refractivity contribution in [3.05, 3.63) is 18.2 Å². The quantitative estimate of drug-likeness (QED) is 0.725. The molecule has 0 aliphatic heterocycles. The number of imidazole rings is 1. The Kier molecular flexibility index (Phi) is 2.84. The molecule has 4 heteroatoms. The molecule has 0 aromatic carbocycles. The Labute approximate surface area is 84.0 Å². The average molecular weight is 195 g/mol. The Balaban J connectivity index is 1.66. The molecule has 1 saturated carbocycles. The summed E-state index contributed by atoms with van der Waals surface area (Å²) in [6, 6.07) is 0. The molecule has 0 radical (unpaired) electrons. The predicted octanol–water partition coefficient (Wildman–Crippen LogP) is 0.281. The Bertz CT molecular complexity index is 291. The lowest BCUT2D eigenvalue weighted by Gasteiger charge is -2.31. The Hall–Kier alpha value is -0.870. The third-order valence-corrected chi connectivity index (χ3v) is 2.85. The molecule has 1 aromatic rings. The zero-order chi connectivity index (χ0) is 9.97. The van der Waals surface area contributed by atoms with Gasteiger partial charge in [0.25, 0.3) is 0 Å². The van der Waals surface area contributed by atoms with E-state index in [-0.39, 0.29) is 6.10 Å². The van der Waals surface area contributed by atoms with Gasteiger partial charge in [0, 0.05) is 19.4 Å². The first-order valence-corrected chi connectivity index (χ1v) is 5.10. The normalized spacial score (nSPS) is 26.1. The van der Waals surface area contributed by atoms with E-state index in [0.29, 0.717) is 5.92 Å². The van der Waals surface area contributed by atoms with E-state index in [4.69, 9.17) is 5.11 Å². The molecule has 1 heterocycles. The van der Waals surface area contributed by atoms with Gasteiger partial charge in [0.1, 0.15) is 5.82 Å². The number of aliphatic hydroxyl groups is 1. The summed E-state index contributed by atoms with van der Waals surface area (Å²) in [5, 5.41) is 12.5. The lowest BCUT2D eigenvalue weighted by molar-refractivity contribution is 0.0429. The maximum atomic E-state index is 9.10. The summed E-state index contributed by atoms with van der Waals surface area (Å²) in [5.74, 6) is 1.72. The molecule has 0 bridgehead atoms. The highest BCUT2D eigenvalue weighted by molar-refractivity contribution is 4.90. The minimum atomic E-state index is -0.0463. The van der Waals surface area contributed by atoms with Crippen LogP contribution in [0.5, 0.6) is 0 Å². The zero-order valence-corrected chi connectivity index (χ0v) is 8.48. The van der Waals surface area contributed by atoms with Crippen molar-refractivity contribution in [3.63, 3.8) is 0 Å². The smallest absolute Gasteiger partial charge is 0.122 e. The van der Waals surface area contributed by atoms with E-state index in [0.717, 1.165) is 31.8 Å². The fourth-order valence-corrected chi connectivity index (χ4v) is 1.82. The van der Waals surface area contributed by atoms with Crippen molar-refractivity contribution >= 4 is 0 Å². The summed E-state index contributed by atoms with van der Waals surface area (Å²) in [6.07, 6.45) is 5.62. The third-order valence-electron chi connectivity index (χ3n) is 2.85. The van der Waals surface area contributed by atoms with E-state index >= 15 is 0 Å². The third kappa shape index (κ3) is 2.13. The van der Waals surface area contributed by atoms with Crippen molar-refractivity contribution in [2.24, 2.45) is 13.0 Å². The van der Waals surface area contributed by atoms with Gasteiger partial charge in [-0.15, -0.1) is 0 Å². The number of nitrogens with zero attached hydrogens (tertiary/aromatic N) is 2. The van der Waals surface area contributed by atoms with E-state index < -0.39 is 0 Å². The van der Waals surface area contributed by atoms with Gasteiger partial charge < -0.3 is 15.0 Å². The summed E-state index contributed by atoms with van der Waals surface area (Å²) in [6.45, 7) is 1.81. The van der Waals surface area contributed by atoms with E-state index in [9.17, 15) is 0 Å². The monoisotopic (exact) mass is 195 g/mol. The maximum Gasteiger partial charge on any atom is 0.122 e. The second-order valence-electron chi connectivity index (χ2n) is 4.08. The van der Waals surface area contributed by atoms with Gasteiger partial charge in [-0.2, -0.15) is 0 Å². The zero-order valence-electron chi connectivity index (χ0n) is 8.48. The van der Waals surface area contributed by atoms with Crippen LogP contribution in [0, 0.1) is 5.92 Å². The van der Waals surface area contributed by atoms with Crippen molar-refractivity contribution in [1.82, 2.24) is 14.9 Å². The van der Waals surface area contributed by atoms with Crippen LogP contribution < -0.4 is 5.32 Å². The molecule has 0 atom stereocenters. The molecule has 1 aliphatic rings. The van der Waals surface area contributed by atoms with Gasteiger partial charge >= 0.3 is 0 Å². The molecule has 0 unspecified atom stereocenters. The van der Waals surface area contributed by atoms with Crippen molar-refractivity contribution in [1.29, 1.82) is 0 Å². The highest BCUT2D eigenvalue weighted by atomic mass is 16.3. The second kappa shape index (κ2) is 4.11. The standard InChI is InChI=1S/C10H17N3O/c1-13-3-2-12-10(13)7-11-6-8-4-9(14)5-8/h2-3,8-9,11,14H,4-7H2,1H3. The van der Waals surface area contributed by atoms with Crippen LogP contribution in [0.2, 0.25) is 0 Å². The number of hydrogen-bond donors (Lipinski definition) is 2. The molecule has 2 N–H and O–H groups in total. The molecular weight excluding hydrogens is 178 g/mol. The molecule has 1 fully saturated rings. The van der Waals surface area contributed by atoms with Crippen molar-refractivity contribution in [2.45, 2.75) is 25.5 Å². The number of aliphatic hydroxyl groups excluding tert-OH is 1. The molecule has 1 aliphatic carbocycles. The molecule has 4 nitrogen and oxygen atoms in total. The fourth-order valence-electron chi connectivity index (χ4n) is 1.82. The molecule has 78 valence electrons. The van der Waals surface area contributed by atoms with Crippen LogP contribution in [0.15, 0.2) is 12.4 Å². The minimum absolute atomic E-state index is 0.0463. The number of aryl methyl sites for hydroxylation is 1. The van der Waals surface area contributed by atoms with Crippen LogP contribution in [0.1, 0.15) is 18.7 Å². The number of nitrogens with one attached hydrogen (secondary N) is 1. The number of hydrogen-bond acceptors (Lipinski definition) is 3. The fraction of sp³-hybridized carbons (Fsp3) is 0.700. The minimum Gasteiger partial charge on any atom is -0.393 e. The van der Waals surface area contributed by atoms with Crippen LogP contribution in [0.25, 0.3) is 0 Å². The highest BCUT2D eigenvalue weighted by Gasteiger charge is 2.26. The van der Waals surface area contributed by atoms with Gasteiger partial charge in [-0.25, -0.2) is 4.98 Å². The lowest BCUT2D eigenvalue weighted by Crippen LogP contribution is -2.36. The van der Waals surface area contributed by atoms with Gasteiger partial charge in [-0.3, -0.25) is 0 Å². The van der Waals surface area contributed by atoms with Crippen LogP contribution in [-0.4, -0.2) is 27.3 Å². The molecular formula is C10H17N3O. The Morgan fingerprint density at radius 2 is 2.43 bits per heavy atom. The first-order chi connectivity index (χ1) is 6.75. The van der Waals surface area contributed by atoms with Gasteiger partial charge in [-0.1, -0.05) is 0 Å². The van der Waals surface area contributed by atoms with Gasteiger partial charge in [0.15, 0.2) is 0 Å². The Morgan fingerprint density at radius 1 is 1.64 bits per heavy atom. The largest absolute Gasteiger partial charge is 0.393 e. The molecule has 0 amide bonds. The van der Waals surface area contributed by atoms with Crippen LogP contribution >= 0.6 is 0 Å². The SMILES string of the molecule is Cn1ccnc1CNCC1CC(O)C1. The number of aromatic nitrogens is 2. The highest BCUT2D eigenvalue weighted by Crippen LogP contribution is 2.26. The van der Waals surface area contributed by atoms with E-state index in [1.807, 2.05) is 24.0 Å². The summed E-state index contributed by atoms with van der Waals surface area (Å²) >= 11 is 0. The first kappa shape index (κ1) is 9.68. The molecule has 0 saturated heterocycles. The number of rotatable bonds is 4. The predicted molar refractivity (Wildman–Crippen MR) is 53.6 cm³/mol. The second-order valence-corrected chi connectivity index (χ2v) is 4.08. The van der Waals surface area contributed by atoms with Gasteiger partial charge in [0.2, 0.25) is 0 Å². The van der Waals surface area contributed by atoms with Crippen molar-refractivity contribution in [2.75, 3.05) is 6.54 Å². The van der Waals surface area contributed by atoms with E-state index in [2.05, 4.69) is 10.3 Å². The van der Waals surface area contributed by atoms with Crippen molar-refractivity contribution < 1.29 is 5.11 Å². The summed E-state index contributed by atoms with van der Waals surface area (Å²) in [5.41, 5.74) is 0. The lowest BCUT2D eigenvalue weighted by atomic mass is 9.82. The van der Waals surface area contributed by atoms with Crippen LogP contribution in [0.4, 0.5) is 0 Å². The molecule has 0 spiro atoms. The summed E-state index contributed by atoms with van der Waals surface area (Å²) < 4.78 is 2.02. The topological polar surface area (TPSA) is 50.1 Å². The first-order valence-electron chi connectivity index (χ1n) is 5.10.